The van der Waals surface area contributed by atoms with E-state index in [1.807, 2.05) is 6.92 Å². The fourth-order valence-electron chi connectivity index (χ4n) is 3.24. The molecule has 14 nitrogen and oxygen atoms in total. The summed E-state index contributed by atoms with van der Waals surface area (Å²) in [5.41, 5.74) is 21.4. The van der Waals surface area contributed by atoms with E-state index >= 15 is 0 Å². The van der Waals surface area contributed by atoms with E-state index in [0.717, 1.165) is 0 Å². The molecule has 0 aliphatic heterocycles. The summed E-state index contributed by atoms with van der Waals surface area (Å²) in [7, 11) is 0. The van der Waals surface area contributed by atoms with Crippen LogP contribution in [0.2, 0.25) is 0 Å². The van der Waals surface area contributed by atoms with Crippen molar-refractivity contribution in [2.45, 2.75) is 84.0 Å². The molecule has 0 saturated heterocycles. The highest BCUT2D eigenvalue weighted by Gasteiger charge is 2.34. The number of hydrogen-bond acceptors (Lipinski definition) is 7. The number of carboxylic acid groups (broad SMARTS) is 1. The van der Waals surface area contributed by atoms with Crippen LogP contribution in [0.15, 0.2) is 4.99 Å². The summed E-state index contributed by atoms with van der Waals surface area (Å²) in [4.78, 5) is 65.2. The standard InChI is InChI=1S/C22H42N8O6/c1-5-11(3)16(20(34)30-17(21(35)36)12(4)6-2)29-19(33)14(8-7-9-27-22(25)26)28-18(32)13(23)10-15(24)31/h11-14,16-17H,5-10,23H2,1-4H3,(H2,24,31)(H,28,32)(H,29,33)(H,30,34)(H,35,36)(H4,25,26,27). The van der Waals surface area contributed by atoms with Gasteiger partial charge in [-0.3, -0.25) is 24.2 Å². The summed E-state index contributed by atoms with van der Waals surface area (Å²) in [6.45, 7) is 7.24. The van der Waals surface area contributed by atoms with Crippen LogP contribution in [0.5, 0.6) is 0 Å². The van der Waals surface area contributed by atoms with Crippen LogP contribution >= 0.6 is 0 Å². The molecule has 0 heterocycles. The summed E-state index contributed by atoms with van der Waals surface area (Å²) >= 11 is 0. The quantitative estimate of drug-likeness (QED) is 0.0598. The maximum Gasteiger partial charge on any atom is 0.326 e. The Kier molecular flexibility index (Phi) is 14.7. The largest absolute Gasteiger partial charge is 0.480 e. The van der Waals surface area contributed by atoms with Gasteiger partial charge in [-0.2, -0.15) is 0 Å². The van der Waals surface area contributed by atoms with Crippen molar-refractivity contribution in [2.24, 2.45) is 39.8 Å². The van der Waals surface area contributed by atoms with Gasteiger partial charge in [0.1, 0.15) is 18.1 Å². The molecule has 0 spiro atoms. The third-order valence-corrected chi connectivity index (χ3v) is 5.91. The molecule has 0 aromatic rings. The summed E-state index contributed by atoms with van der Waals surface area (Å²) in [6, 6.07) is -4.59. The van der Waals surface area contributed by atoms with Crippen molar-refractivity contribution in [2.75, 3.05) is 6.54 Å². The molecule has 14 heteroatoms. The van der Waals surface area contributed by atoms with E-state index in [9.17, 15) is 29.1 Å². The molecule has 6 unspecified atom stereocenters. The Hall–Kier alpha value is -3.42. The number of aliphatic carboxylic acids is 1. The van der Waals surface area contributed by atoms with Crippen molar-refractivity contribution < 1.29 is 29.1 Å². The molecule has 206 valence electrons. The van der Waals surface area contributed by atoms with Crippen molar-refractivity contribution in [3.8, 4) is 0 Å². The Morgan fingerprint density at radius 2 is 1.36 bits per heavy atom. The van der Waals surface area contributed by atoms with Gasteiger partial charge in [-0.05, 0) is 24.7 Å². The number of nitrogens with one attached hydrogen (secondary N) is 3. The Bertz CT molecular complexity index is 801. The predicted octanol–water partition coefficient (Wildman–Crippen LogP) is -2.13. The Morgan fingerprint density at radius 1 is 0.833 bits per heavy atom. The van der Waals surface area contributed by atoms with Crippen LogP contribution < -0.4 is 38.9 Å². The Labute approximate surface area is 211 Å². The number of nitrogens with zero attached hydrogens (tertiary/aromatic N) is 1. The molecule has 0 aliphatic carbocycles. The van der Waals surface area contributed by atoms with Gasteiger partial charge in [0, 0.05) is 6.54 Å². The summed E-state index contributed by atoms with van der Waals surface area (Å²) < 4.78 is 0. The van der Waals surface area contributed by atoms with Crippen LogP contribution in [-0.4, -0.2) is 71.4 Å². The van der Waals surface area contributed by atoms with Crippen LogP contribution in [0.4, 0.5) is 0 Å². The first-order valence-corrected chi connectivity index (χ1v) is 12.0. The molecular formula is C22H42N8O6. The molecule has 0 bridgehead atoms. The normalized spacial score (nSPS) is 15.8. The highest BCUT2D eigenvalue weighted by Crippen LogP contribution is 2.13. The number of hydrogen-bond donors (Lipinski definition) is 8. The zero-order valence-electron chi connectivity index (χ0n) is 21.5. The van der Waals surface area contributed by atoms with Crippen molar-refractivity contribution in [3.63, 3.8) is 0 Å². The van der Waals surface area contributed by atoms with Crippen LogP contribution in [-0.2, 0) is 24.0 Å². The van der Waals surface area contributed by atoms with Gasteiger partial charge in [0.15, 0.2) is 5.96 Å². The van der Waals surface area contributed by atoms with Crippen molar-refractivity contribution >= 4 is 35.6 Å². The summed E-state index contributed by atoms with van der Waals surface area (Å²) in [5, 5.41) is 17.1. The topological polar surface area (TPSA) is 258 Å². The van der Waals surface area contributed by atoms with Crippen LogP contribution in [0, 0.1) is 11.8 Å². The Morgan fingerprint density at radius 3 is 1.83 bits per heavy atom. The van der Waals surface area contributed by atoms with Crippen LogP contribution in [0.3, 0.4) is 0 Å². The van der Waals surface area contributed by atoms with E-state index in [2.05, 4.69) is 20.9 Å². The zero-order chi connectivity index (χ0) is 28.0. The lowest BCUT2D eigenvalue weighted by molar-refractivity contribution is -0.144. The first-order chi connectivity index (χ1) is 16.7. The maximum absolute atomic E-state index is 13.2. The van der Waals surface area contributed by atoms with Crippen LogP contribution in [0.1, 0.15) is 59.8 Å². The number of amides is 4. The van der Waals surface area contributed by atoms with Crippen molar-refractivity contribution in [3.05, 3.63) is 0 Å². The number of guanidine groups is 1. The predicted molar refractivity (Wildman–Crippen MR) is 134 cm³/mol. The molecule has 12 N–H and O–H groups in total. The third-order valence-electron chi connectivity index (χ3n) is 5.91. The van der Waals surface area contributed by atoms with E-state index in [1.165, 1.54) is 0 Å². The van der Waals surface area contributed by atoms with Crippen molar-refractivity contribution in [1.82, 2.24) is 16.0 Å². The lowest BCUT2D eigenvalue weighted by Crippen LogP contribution is -2.59. The van der Waals surface area contributed by atoms with Crippen molar-refractivity contribution in [1.29, 1.82) is 0 Å². The van der Waals surface area contributed by atoms with E-state index < -0.39 is 60.2 Å². The molecular weight excluding hydrogens is 472 g/mol. The molecule has 36 heavy (non-hydrogen) atoms. The van der Waals surface area contributed by atoms with Gasteiger partial charge >= 0.3 is 5.97 Å². The fraction of sp³-hybridized carbons (Fsp3) is 0.727. The number of nitrogens with two attached hydrogens (primary N) is 4. The minimum atomic E-state index is -1.27. The van der Waals surface area contributed by atoms with E-state index in [-0.39, 0.29) is 30.8 Å². The summed E-state index contributed by atoms with van der Waals surface area (Å²) in [6.07, 6.45) is 1.00. The molecule has 0 rings (SSSR count). The lowest BCUT2D eigenvalue weighted by Gasteiger charge is -2.29. The van der Waals surface area contributed by atoms with Gasteiger partial charge in [0.25, 0.3) is 0 Å². The smallest absolute Gasteiger partial charge is 0.326 e. The Balaban J connectivity index is 5.72. The number of rotatable bonds is 17. The average Bonchev–Trinajstić information content (AvgIpc) is 2.80. The molecule has 0 fully saturated rings. The minimum absolute atomic E-state index is 0.0944. The fourth-order valence-corrected chi connectivity index (χ4v) is 3.24. The summed E-state index contributed by atoms with van der Waals surface area (Å²) in [5.74, 6) is -4.90. The molecule has 0 aromatic carbocycles. The second-order valence-electron chi connectivity index (χ2n) is 8.87. The SMILES string of the molecule is CCC(C)C(NC(=O)C(NC(=O)C(CCCN=C(N)N)NC(=O)C(N)CC(N)=O)C(C)CC)C(=O)O. The van der Waals surface area contributed by atoms with Gasteiger partial charge < -0.3 is 44.0 Å². The minimum Gasteiger partial charge on any atom is -0.480 e. The average molecular weight is 515 g/mol. The number of carboxylic acids is 1. The second-order valence-corrected chi connectivity index (χ2v) is 8.87. The highest BCUT2D eigenvalue weighted by atomic mass is 16.4. The number of primary amides is 1. The van der Waals surface area contributed by atoms with Gasteiger partial charge in [-0.15, -0.1) is 0 Å². The van der Waals surface area contributed by atoms with Gasteiger partial charge in [0.2, 0.25) is 23.6 Å². The van der Waals surface area contributed by atoms with E-state index in [0.29, 0.717) is 19.3 Å². The lowest BCUT2D eigenvalue weighted by atomic mass is 9.95. The van der Waals surface area contributed by atoms with Gasteiger partial charge in [0.05, 0.1) is 12.5 Å². The van der Waals surface area contributed by atoms with E-state index in [1.54, 1.807) is 20.8 Å². The molecule has 6 atom stereocenters. The number of carbonyl (C=O) groups is 5. The molecule has 0 saturated carbocycles. The zero-order valence-corrected chi connectivity index (χ0v) is 21.5. The first kappa shape index (κ1) is 32.6. The molecule has 0 aromatic heterocycles. The first-order valence-electron chi connectivity index (χ1n) is 12.0. The second kappa shape index (κ2) is 16.3. The maximum atomic E-state index is 13.2. The molecule has 0 aliphatic rings. The monoisotopic (exact) mass is 514 g/mol. The molecule has 4 amide bonds. The van der Waals surface area contributed by atoms with Gasteiger partial charge in [-0.1, -0.05) is 40.5 Å². The number of carbonyl (C=O) groups excluding carboxylic acids is 4. The number of aliphatic imine (C=N–C) groups is 1. The highest BCUT2D eigenvalue weighted by molar-refractivity contribution is 5.95. The molecule has 0 radical (unpaired) electrons. The van der Waals surface area contributed by atoms with Crippen LogP contribution in [0.25, 0.3) is 0 Å². The van der Waals surface area contributed by atoms with E-state index in [4.69, 9.17) is 22.9 Å². The van der Waals surface area contributed by atoms with Gasteiger partial charge in [-0.25, -0.2) is 4.79 Å². The third kappa shape index (κ3) is 11.8.